The fraction of sp³-hybridized carbons (Fsp3) is 0.231. The summed E-state index contributed by atoms with van der Waals surface area (Å²) in [6.45, 7) is 2.90. The van der Waals surface area contributed by atoms with E-state index in [2.05, 4.69) is 0 Å². The molecule has 0 atom stereocenters. The Labute approximate surface area is 187 Å². The minimum absolute atomic E-state index is 0.0265. The average Bonchev–Trinajstić information content (AvgIpc) is 2.79. The summed E-state index contributed by atoms with van der Waals surface area (Å²) in [6.07, 6.45) is 1.16. The molecule has 2 amide bonds. The Bertz CT molecular complexity index is 1070. The van der Waals surface area contributed by atoms with Gasteiger partial charge in [-0.3, -0.25) is 9.59 Å². The summed E-state index contributed by atoms with van der Waals surface area (Å²) < 4.78 is 27.0. The largest absolute Gasteiger partial charge is 0.345 e. The highest BCUT2D eigenvalue weighted by molar-refractivity contribution is 6.06. The Morgan fingerprint density at radius 3 is 2.12 bits per heavy atom. The molecule has 166 valence electrons. The third-order valence-corrected chi connectivity index (χ3v) is 5.16. The summed E-state index contributed by atoms with van der Waals surface area (Å²) in [5, 5.41) is 0. The van der Waals surface area contributed by atoms with E-state index in [0.717, 1.165) is 17.5 Å². The van der Waals surface area contributed by atoms with Gasteiger partial charge >= 0.3 is 0 Å². The van der Waals surface area contributed by atoms with Gasteiger partial charge in [0.25, 0.3) is 5.91 Å². The zero-order valence-electron chi connectivity index (χ0n) is 18.2. The first kappa shape index (κ1) is 23.1. The average molecular weight is 437 g/mol. The van der Waals surface area contributed by atoms with Gasteiger partial charge in [-0.1, -0.05) is 37.3 Å². The molecule has 0 fully saturated rings. The summed E-state index contributed by atoms with van der Waals surface area (Å²) in [5.74, 6) is -1.21. The molecule has 0 bridgehead atoms. The van der Waals surface area contributed by atoms with Crippen molar-refractivity contribution in [2.75, 3.05) is 18.5 Å². The third-order valence-electron chi connectivity index (χ3n) is 5.16. The minimum atomic E-state index is -0.498. The van der Waals surface area contributed by atoms with Crippen LogP contribution in [-0.4, -0.2) is 30.3 Å². The molecule has 32 heavy (non-hydrogen) atoms. The zero-order chi connectivity index (χ0) is 23.1. The molecule has 0 saturated heterocycles. The van der Waals surface area contributed by atoms with Crippen LogP contribution in [0.25, 0.3) is 0 Å². The van der Waals surface area contributed by atoms with Crippen LogP contribution in [0.1, 0.15) is 34.8 Å². The standard InChI is InChI=1S/C26H26F2N2O2/c1-3-15-29(2)25(31)16-19-9-13-24(14-10-19)30(18-20-7-11-22(27)12-8-20)26(32)21-5-4-6-23(28)17-21/h4-14,17H,3,15-16,18H2,1-2H3. The lowest BCUT2D eigenvalue weighted by Crippen LogP contribution is -2.30. The van der Waals surface area contributed by atoms with Crippen molar-refractivity contribution >= 4 is 17.5 Å². The number of benzene rings is 3. The Balaban J connectivity index is 1.86. The van der Waals surface area contributed by atoms with Crippen LogP contribution in [-0.2, 0) is 17.8 Å². The minimum Gasteiger partial charge on any atom is -0.345 e. The van der Waals surface area contributed by atoms with E-state index in [1.54, 1.807) is 42.3 Å². The maximum absolute atomic E-state index is 13.7. The highest BCUT2D eigenvalue weighted by Gasteiger charge is 2.19. The smallest absolute Gasteiger partial charge is 0.258 e. The molecule has 6 heteroatoms. The molecule has 0 aromatic heterocycles. The highest BCUT2D eigenvalue weighted by Crippen LogP contribution is 2.22. The van der Waals surface area contributed by atoms with Crippen molar-refractivity contribution < 1.29 is 18.4 Å². The molecule has 3 aromatic rings. The number of carbonyl (C=O) groups is 2. The Kier molecular flexibility index (Phi) is 7.71. The number of halogens is 2. The summed E-state index contributed by atoms with van der Waals surface area (Å²) in [5.41, 5.74) is 2.38. The summed E-state index contributed by atoms with van der Waals surface area (Å²) in [4.78, 5) is 28.7. The molecule has 0 aliphatic heterocycles. The normalized spacial score (nSPS) is 10.6. The second-order valence-electron chi connectivity index (χ2n) is 7.69. The molecule has 0 aliphatic rings. The van der Waals surface area contributed by atoms with Gasteiger partial charge in [0.2, 0.25) is 5.91 Å². The van der Waals surface area contributed by atoms with Crippen LogP contribution < -0.4 is 4.90 Å². The van der Waals surface area contributed by atoms with E-state index in [1.165, 1.54) is 35.2 Å². The Hall–Kier alpha value is -3.54. The van der Waals surface area contributed by atoms with Crippen molar-refractivity contribution in [3.8, 4) is 0 Å². The number of carbonyl (C=O) groups excluding carboxylic acids is 2. The van der Waals surface area contributed by atoms with Crippen molar-refractivity contribution in [2.24, 2.45) is 0 Å². The molecule has 0 spiro atoms. The van der Waals surface area contributed by atoms with Gasteiger partial charge in [0.15, 0.2) is 0 Å². The van der Waals surface area contributed by atoms with Gasteiger partial charge in [0.05, 0.1) is 13.0 Å². The number of hydrogen-bond acceptors (Lipinski definition) is 2. The van der Waals surface area contributed by atoms with Gasteiger partial charge in [-0.2, -0.15) is 0 Å². The topological polar surface area (TPSA) is 40.6 Å². The first-order valence-electron chi connectivity index (χ1n) is 10.5. The number of hydrogen-bond donors (Lipinski definition) is 0. The number of anilines is 1. The van der Waals surface area contributed by atoms with Crippen LogP contribution in [0, 0.1) is 11.6 Å². The summed E-state index contributed by atoms with van der Waals surface area (Å²) in [7, 11) is 1.78. The first-order chi connectivity index (χ1) is 15.4. The number of likely N-dealkylation sites (N-methyl/N-ethyl adjacent to an activating group) is 1. The molecule has 0 heterocycles. The summed E-state index contributed by atoms with van der Waals surface area (Å²) in [6, 6.07) is 18.6. The van der Waals surface area contributed by atoms with Gasteiger partial charge in [0.1, 0.15) is 11.6 Å². The lowest BCUT2D eigenvalue weighted by atomic mass is 10.1. The van der Waals surface area contributed by atoms with Crippen molar-refractivity contribution in [2.45, 2.75) is 26.3 Å². The second-order valence-corrected chi connectivity index (χ2v) is 7.69. The maximum atomic E-state index is 13.7. The molecule has 4 nitrogen and oxygen atoms in total. The number of rotatable bonds is 8. The van der Waals surface area contributed by atoms with Crippen molar-refractivity contribution in [3.05, 3.63) is 101 Å². The molecule has 0 aliphatic carbocycles. The Morgan fingerprint density at radius 2 is 1.50 bits per heavy atom. The molecule has 3 aromatic carbocycles. The molecular formula is C26H26F2N2O2. The molecule has 0 saturated carbocycles. The van der Waals surface area contributed by atoms with Gasteiger partial charge in [0, 0.05) is 24.8 Å². The van der Waals surface area contributed by atoms with E-state index < -0.39 is 5.82 Å². The Morgan fingerprint density at radius 1 is 0.844 bits per heavy atom. The van der Waals surface area contributed by atoms with E-state index in [0.29, 0.717) is 12.2 Å². The fourth-order valence-corrected chi connectivity index (χ4v) is 3.39. The highest BCUT2D eigenvalue weighted by atomic mass is 19.1. The number of nitrogens with zero attached hydrogens (tertiary/aromatic N) is 2. The van der Waals surface area contributed by atoms with Crippen molar-refractivity contribution in [1.29, 1.82) is 0 Å². The second kappa shape index (κ2) is 10.7. The fourth-order valence-electron chi connectivity index (χ4n) is 3.39. The molecule has 0 unspecified atom stereocenters. The van der Waals surface area contributed by atoms with Crippen LogP contribution in [0.15, 0.2) is 72.8 Å². The van der Waals surface area contributed by atoms with Gasteiger partial charge < -0.3 is 9.80 Å². The number of amides is 2. The van der Waals surface area contributed by atoms with Gasteiger partial charge in [-0.05, 0) is 60.0 Å². The quantitative estimate of drug-likeness (QED) is 0.486. The van der Waals surface area contributed by atoms with Crippen LogP contribution in [0.3, 0.4) is 0 Å². The van der Waals surface area contributed by atoms with Gasteiger partial charge in [-0.15, -0.1) is 0 Å². The maximum Gasteiger partial charge on any atom is 0.258 e. The molecular weight excluding hydrogens is 410 g/mol. The van der Waals surface area contributed by atoms with Crippen LogP contribution in [0.4, 0.5) is 14.5 Å². The SMILES string of the molecule is CCCN(C)C(=O)Cc1ccc(N(Cc2ccc(F)cc2)C(=O)c2cccc(F)c2)cc1. The van der Waals surface area contributed by atoms with Gasteiger partial charge in [-0.25, -0.2) is 8.78 Å². The van der Waals surface area contributed by atoms with E-state index in [-0.39, 0.29) is 36.2 Å². The third kappa shape index (κ3) is 6.00. The molecule has 3 rings (SSSR count). The van der Waals surface area contributed by atoms with E-state index in [9.17, 15) is 18.4 Å². The monoisotopic (exact) mass is 436 g/mol. The lowest BCUT2D eigenvalue weighted by molar-refractivity contribution is -0.129. The zero-order valence-corrected chi connectivity index (χ0v) is 18.2. The lowest BCUT2D eigenvalue weighted by Gasteiger charge is -2.24. The first-order valence-corrected chi connectivity index (χ1v) is 10.5. The molecule has 0 N–H and O–H groups in total. The van der Waals surface area contributed by atoms with Crippen LogP contribution >= 0.6 is 0 Å². The molecule has 0 radical (unpaired) electrons. The van der Waals surface area contributed by atoms with Crippen molar-refractivity contribution in [3.63, 3.8) is 0 Å². The van der Waals surface area contributed by atoms with E-state index in [4.69, 9.17) is 0 Å². The van der Waals surface area contributed by atoms with Crippen molar-refractivity contribution in [1.82, 2.24) is 4.90 Å². The van der Waals surface area contributed by atoms with Crippen LogP contribution in [0.5, 0.6) is 0 Å². The van der Waals surface area contributed by atoms with Crippen LogP contribution in [0.2, 0.25) is 0 Å². The van der Waals surface area contributed by atoms with E-state index >= 15 is 0 Å². The predicted octanol–water partition coefficient (Wildman–Crippen LogP) is 5.22. The predicted molar refractivity (Wildman–Crippen MR) is 121 cm³/mol. The summed E-state index contributed by atoms with van der Waals surface area (Å²) >= 11 is 0. The van der Waals surface area contributed by atoms with E-state index in [1.807, 2.05) is 19.1 Å².